The maximum Gasteiger partial charge on any atom is 0.150 e. The van der Waals surface area contributed by atoms with Gasteiger partial charge < -0.3 is 9.64 Å². The minimum absolute atomic E-state index is 0.102. The van der Waals surface area contributed by atoms with Crippen LogP contribution in [0.1, 0.15) is 5.56 Å². The summed E-state index contributed by atoms with van der Waals surface area (Å²) in [5.74, 6) is 0. The van der Waals surface area contributed by atoms with Gasteiger partial charge in [0, 0.05) is 19.5 Å². The van der Waals surface area contributed by atoms with Crippen molar-refractivity contribution in [1.29, 1.82) is 0 Å². The van der Waals surface area contributed by atoms with Crippen LogP contribution in [0, 0.1) is 0 Å². The van der Waals surface area contributed by atoms with Crippen molar-refractivity contribution in [3.05, 3.63) is 84.4 Å². The molecule has 0 saturated carbocycles. The molecule has 4 rings (SSSR count). The fourth-order valence-electron chi connectivity index (χ4n) is 3.82. The predicted octanol–water partition coefficient (Wildman–Crippen LogP) is 3.85. The number of hydrogen-bond acceptors (Lipinski definition) is 4. The quantitative estimate of drug-likeness (QED) is 0.529. The molecule has 1 heterocycles. The lowest BCUT2D eigenvalue weighted by atomic mass is 10.1. The Morgan fingerprint density at radius 2 is 1.61 bits per heavy atom. The summed E-state index contributed by atoms with van der Waals surface area (Å²) in [5, 5.41) is 0. The molecule has 1 aliphatic rings. The van der Waals surface area contributed by atoms with E-state index in [1.165, 1.54) is 5.56 Å². The highest BCUT2D eigenvalue weighted by molar-refractivity contribution is 7.86. The van der Waals surface area contributed by atoms with Gasteiger partial charge in [-0.15, -0.1) is 0 Å². The molecule has 1 fully saturated rings. The zero-order chi connectivity index (χ0) is 23.2. The molecule has 0 aliphatic carbocycles. The molecule has 3 aromatic carbocycles. The molecule has 0 aromatic heterocycles. The zero-order valence-corrected chi connectivity index (χ0v) is 20.5. The first-order valence-corrected chi connectivity index (χ1v) is 13.1. The number of benzene rings is 3. The number of para-hydroxylation sites is 2. The first kappa shape index (κ1) is 23.6. The lowest BCUT2D eigenvalue weighted by Crippen LogP contribution is -2.43. The van der Waals surface area contributed by atoms with Crippen LogP contribution in [0.25, 0.3) is 0 Å². The van der Waals surface area contributed by atoms with Gasteiger partial charge in [-0.1, -0.05) is 42.5 Å². The number of rotatable bonds is 8. The van der Waals surface area contributed by atoms with Gasteiger partial charge in [0.05, 0.1) is 33.9 Å². The zero-order valence-electron chi connectivity index (χ0n) is 18.8. The summed E-state index contributed by atoms with van der Waals surface area (Å²) in [6.07, 6.45) is 0.962. The number of nitrogens with one attached hydrogen (secondary N) is 1. The van der Waals surface area contributed by atoms with Gasteiger partial charge in [-0.2, -0.15) is 0 Å². The molecular formula is C25H29N3O3S2. The maximum atomic E-state index is 13.0. The van der Waals surface area contributed by atoms with Crippen molar-refractivity contribution >= 4 is 33.3 Å². The lowest BCUT2D eigenvalue weighted by Gasteiger charge is -2.35. The molecule has 3 atom stereocenters. The normalized spacial score (nSPS) is 18.2. The van der Waals surface area contributed by atoms with Crippen LogP contribution in [0.3, 0.4) is 0 Å². The second kappa shape index (κ2) is 11.1. The molecule has 1 saturated heterocycles. The Kier molecular flexibility index (Phi) is 7.93. The molecule has 0 radical (unpaired) electrons. The molecule has 174 valence electrons. The molecule has 1 N–H and O–H groups in total. The molecule has 0 amide bonds. The van der Waals surface area contributed by atoms with E-state index < -0.39 is 22.0 Å². The van der Waals surface area contributed by atoms with Crippen LogP contribution in [0.5, 0.6) is 0 Å². The van der Waals surface area contributed by atoms with Gasteiger partial charge in [0.25, 0.3) is 0 Å². The average Bonchev–Trinajstić information content (AvgIpc) is 2.85. The maximum absolute atomic E-state index is 13.0. The van der Waals surface area contributed by atoms with Crippen LogP contribution < -0.4 is 9.62 Å². The summed E-state index contributed by atoms with van der Waals surface area (Å²) in [6.45, 7) is 2.20. The fraction of sp³-hybridized carbons (Fsp3) is 0.280. The van der Waals surface area contributed by atoms with Crippen LogP contribution in [0.4, 0.5) is 11.4 Å². The Hall–Kier alpha value is -2.52. The van der Waals surface area contributed by atoms with Crippen molar-refractivity contribution in [3.8, 4) is 0 Å². The van der Waals surface area contributed by atoms with Crippen molar-refractivity contribution in [1.82, 2.24) is 4.31 Å². The largest absolute Gasteiger partial charge is 0.374 e. The van der Waals surface area contributed by atoms with Crippen molar-refractivity contribution in [2.24, 2.45) is 0 Å². The van der Waals surface area contributed by atoms with Crippen LogP contribution in [0.15, 0.2) is 88.7 Å². The van der Waals surface area contributed by atoms with Crippen molar-refractivity contribution < 1.29 is 13.2 Å². The summed E-state index contributed by atoms with van der Waals surface area (Å²) in [4.78, 5) is 3.60. The molecule has 0 bridgehead atoms. The summed E-state index contributed by atoms with van der Waals surface area (Å²) in [7, 11) is 0.855. The highest BCUT2D eigenvalue weighted by Crippen LogP contribution is 2.29. The van der Waals surface area contributed by atoms with E-state index in [4.69, 9.17) is 4.74 Å². The first-order valence-electron chi connectivity index (χ1n) is 10.9. The Labute approximate surface area is 200 Å². The first-order chi connectivity index (χ1) is 16.0. The number of ether oxygens (including phenoxy) is 1. The number of hydrogen-bond donors (Lipinski definition) is 1. The monoisotopic (exact) mass is 483 g/mol. The Balaban J connectivity index is 1.46. The molecule has 1 aliphatic heterocycles. The summed E-state index contributed by atoms with van der Waals surface area (Å²) >= 11 is 0. The van der Waals surface area contributed by atoms with E-state index in [2.05, 4.69) is 33.9 Å². The average molecular weight is 484 g/mol. The predicted molar refractivity (Wildman–Crippen MR) is 135 cm³/mol. The number of morpholine rings is 1. The topological polar surface area (TPSA) is 61.9 Å². The van der Waals surface area contributed by atoms with Gasteiger partial charge >= 0.3 is 0 Å². The summed E-state index contributed by atoms with van der Waals surface area (Å²) in [6, 6.07) is 25.3. The van der Waals surface area contributed by atoms with E-state index in [-0.39, 0.29) is 6.10 Å². The third-order valence-electron chi connectivity index (χ3n) is 5.46. The van der Waals surface area contributed by atoms with Gasteiger partial charge in [0.2, 0.25) is 0 Å². The van der Waals surface area contributed by atoms with Crippen LogP contribution in [-0.4, -0.2) is 52.6 Å². The van der Waals surface area contributed by atoms with E-state index in [0.717, 1.165) is 30.9 Å². The van der Waals surface area contributed by atoms with Crippen LogP contribution >= 0.6 is 0 Å². The van der Waals surface area contributed by atoms with E-state index in [1.54, 1.807) is 42.7 Å². The molecule has 3 unspecified atom stereocenters. The Morgan fingerprint density at radius 1 is 0.939 bits per heavy atom. The van der Waals surface area contributed by atoms with E-state index in [0.29, 0.717) is 16.4 Å². The third kappa shape index (κ3) is 6.09. The number of nitrogens with zero attached hydrogens (tertiary/aromatic N) is 2. The molecule has 33 heavy (non-hydrogen) atoms. The minimum atomic E-state index is -1.44. The van der Waals surface area contributed by atoms with E-state index in [9.17, 15) is 8.42 Å². The highest BCUT2D eigenvalue weighted by Gasteiger charge is 2.23. The van der Waals surface area contributed by atoms with Gasteiger partial charge in [-0.05, 0) is 56.1 Å². The van der Waals surface area contributed by atoms with Gasteiger partial charge in [0.15, 0.2) is 0 Å². The molecule has 6 nitrogen and oxygen atoms in total. The van der Waals surface area contributed by atoms with Gasteiger partial charge in [-0.25, -0.2) is 12.7 Å². The summed E-state index contributed by atoms with van der Waals surface area (Å²) < 4.78 is 36.1. The second-order valence-electron chi connectivity index (χ2n) is 8.05. The molecular weight excluding hydrogens is 454 g/mol. The van der Waals surface area contributed by atoms with E-state index in [1.807, 2.05) is 30.3 Å². The fourth-order valence-corrected chi connectivity index (χ4v) is 5.49. The number of anilines is 2. The van der Waals surface area contributed by atoms with Crippen LogP contribution in [0.2, 0.25) is 0 Å². The van der Waals surface area contributed by atoms with Crippen molar-refractivity contribution in [2.45, 2.75) is 22.3 Å². The van der Waals surface area contributed by atoms with E-state index >= 15 is 0 Å². The third-order valence-corrected chi connectivity index (χ3v) is 7.91. The smallest absolute Gasteiger partial charge is 0.150 e. The van der Waals surface area contributed by atoms with Gasteiger partial charge in [0.1, 0.15) is 22.0 Å². The van der Waals surface area contributed by atoms with Gasteiger partial charge in [-0.3, -0.25) is 4.72 Å². The highest BCUT2D eigenvalue weighted by atomic mass is 32.2. The van der Waals surface area contributed by atoms with Crippen molar-refractivity contribution in [2.75, 3.05) is 43.4 Å². The van der Waals surface area contributed by atoms with Crippen LogP contribution in [-0.2, 0) is 33.1 Å². The molecule has 8 heteroatoms. The van der Waals surface area contributed by atoms with Crippen molar-refractivity contribution in [3.63, 3.8) is 0 Å². The molecule has 0 spiro atoms. The second-order valence-corrected chi connectivity index (χ2v) is 11.0. The Bertz CT molecular complexity index is 1110. The Morgan fingerprint density at radius 3 is 2.33 bits per heavy atom. The minimum Gasteiger partial charge on any atom is -0.374 e. The SMILES string of the molecule is CN(C)S(=O)c1ccc(S(=O)Nc2ccccc2N2CCOC(Cc3ccccc3)C2)cc1. The summed E-state index contributed by atoms with van der Waals surface area (Å²) in [5.41, 5.74) is 3.09. The lowest BCUT2D eigenvalue weighted by molar-refractivity contribution is 0.0411. The standard InChI is InChI=1S/C25H29N3O3S2/c1-27(2)33(30)23-14-12-22(13-15-23)32(29)26-24-10-6-7-11-25(24)28-16-17-31-21(19-28)18-20-8-4-3-5-9-20/h3-15,21,26H,16-19H2,1-2H3. The molecule has 3 aromatic rings.